The van der Waals surface area contributed by atoms with E-state index in [1.54, 1.807) is 6.20 Å². The summed E-state index contributed by atoms with van der Waals surface area (Å²) in [4.78, 5) is 7.89. The first kappa shape index (κ1) is 10.9. The number of benzene rings is 1. The third kappa shape index (κ3) is 2.70. The van der Waals surface area contributed by atoms with Crippen molar-refractivity contribution in [1.82, 2.24) is 9.97 Å². The van der Waals surface area contributed by atoms with Gasteiger partial charge in [0.15, 0.2) is 0 Å². The summed E-state index contributed by atoms with van der Waals surface area (Å²) in [6.07, 6.45) is 3.05. The maximum atomic E-state index is 5.93. The van der Waals surface area contributed by atoms with Gasteiger partial charge in [-0.15, -0.1) is 0 Å². The molecule has 16 heavy (non-hydrogen) atoms. The molecule has 0 spiro atoms. The summed E-state index contributed by atoms with van der Waals surface area (Å²) < 4.78 is 0. The molecular weight excluding hydrogens is 222 g/mol. The van der Waals surface area contributed by atoms with E-state index in [0.717, 1.165) is 0 Å². The van der Waals surface area contributed by atoms with Crippen molar-refractivity contribution in [3.63, 3.8) is 0 Å². The summed E-state index contributed by atoms with van der Waals surface area (Å²) in [5, 5.41) is 3.71. The molecule has 82 valence electrons. The first-order valence-electron chi connectivity index (χ1n) is 5.00. The van der Waals surface area contributed by atoms with Crippen molar-refractivity contribution in [2.24, 2.45) is 0 Å². The van der Waals surface area contributed by atoms with Crippen LogP contribution in [0.4, 0.5) is 5.82 Å². The average Bonchev–Trinajstić information content (AvgIpc) is 2.28. The molecular formula is C12H12ClN3. The van der Waals surface area contributed by atoms with Crippen LogP contribution in [0, 0.1) is 6.92 Å². The summed E-state index contributed by atoms with van der Waals surface area (Å²) in [6, 6.07) is 8.30. The second kappa shape index (κ2) is 4.94. The van der Waals surface area contributed by atoms with Gasteiger partial charge in [-0.1, -0.05) is 41.4 Å². The molecule has 1 heterocycles. The minimum Gasteiger partial charge on any atom is -0.365 e. The second-order valence-electron chi connectivity index (χ2n) is 3.56. The minimum atomic E-state index is 0.537. The zero-order valence-corrected chi connectivity index (χ0v) is 9.70. The van der Waals surface area contributed by atoms with Gasteiger partial charge in [0, 0.05) is 6.54 Å². The highest BCUT2D eigenvalue weighted by molar-refractivity contribution is 6.32. The van der Waals surface area contributed by atoms with E-state index in [1.807, 2.05) is 6.07 Å². The number of nitrogens with one attached hydrogen (secondary N) is 1. The Balaban J connectivity index is 2.05. The molecule has 0 aliphatic rings. The van der Waals surface area contributed by atoms with Crippen LogP contribution in [0.1, 0.15) is 11.1 Å². The van der Waals surface area contributed by atoms with Crippen LogP contribution in [0.2, 0.25) is 5.02 Å². The number of rotatable bonds is 3. The van der Waals surface area contributed by atoms with Crippen molar-refractivity contribution in [2.75, 3.05) is 5.32 Å². The minimum absolute atomic E-state index is 0.537. The third-order valence-corrected chi connectivity index (χ3v) is 2.49. The molecule has 0 saturated heterocycles. The van der Waals surface area contributed by atoms with Crippen molar-refractivity contribution in [3.05, 3.63) is 52.9 Å². The predicted octanol–water partition coefficient (Wildman–Crippen LogP) is 3.05. The molecule has 1 N–H and O–H groups in total. The zero-order chi connectivity index (χ0) is 11.4. The Morgan fingerprint density at radius 1 is 1.38 bits per heavy atom. The van der Waals surface area contributed by atoms with E-state index in [2.05, 4.69) is 40.4 Å². The van der Waals surface area contributed by atoms with E-state index in [1.165, 1.54) is 17.5 Å². The predicted molar refractivity (Wildman–Crippen MR) is 65.5 cm³/mol. The number of halogens is 1. The van der Waals surface area contributed by atoms with Crippen LogP contribution in [-0.2, 0) is 6.54 Å². The molecule has 3 nitrogen and oxygen atoms in total. The summed E-state index contributed by atoms with van der Waals surface area (Å²) >= 11 is 5.93. The van der Waals surface area contributed by atoms with E-state index < -0.39 is 0 Å². The van der Waals surface area contributed by atoms with E-state index in [-0.39, 0.29) is 0 Å². The van der Waals surface area contributed by atoms with Gasteiger partial charge in [-0.3, -0.25) is 0 Å². The van der Waals surface area contributed by atoms with Crippen LogP contribution in [-0.4, -0.2) is 9.97 Å². The lowest BCUT2D eigenvalue weighted by Crippen LogP contribution is -2.02. The summed E-state index contributed by atoms with van der Waals surface area (Å²) in [5.41, 5.74) is 2.45. The molecule has 0 atom stereocenters. The maximum absolute atomic E-state index is 5.93. The molecule has 4 heteroatoms. The number of hydrogen-bond acceptors (Lipinski definition) is 3. The largest absolute Gasteiger partial charge is 0.365 e. The smallest absolute Gasteiger partial charge is 0.148 e. The van der Waals surface area contributed by atoms with Gasteiger partial charge < -0.3 is 5.32 Å². The van der Waals surface area contributed by atoms with E-state index in [9.17, 15) is 0 Å². The van der Waals surface area contributed by atoms with Crippen LogP contribution in [0.15, 0.2) is 36.8 Å². The number of nitrogens with zero attached hydrogens (tertiary/aromatic N) is 2. The van der Waals surface area contributed by atoms with Crippen molar-refractivity contribution < 1.29 is 0 Å². The normalized spacial score (nSPS) is 10.1. The summed E-state index contributed by atoms with van der Waals surface area (Å²) in [7, 11) is 0. The fraction of sp³-hybridized carbons (Fsp3) is 0.167. The first-order valence-corrected chi connectivity index (χ1v) is 5.38. The van der Waals surface area contributed by atoms with Crippen LogP contribution in [0.3, 0.4) is 0 Å². The standard InChI is InChI=1S/C12H12ClN3/c1-9-3-2-4-10(5-9)6-15-12-11(13)7-14-8-16-12/h2-5,7-8H,6H2,1H3,(H,14,15,16). The molecule has 2 aromatic rings. The van der Waals surface area contributed by atoms with E-state index in [4.69, 9.17) is 11.6 Å². The van der Waals surface area contributed by atoms with Gasteiger partial charge in [0.05, 0.1) is 6.20 Å². The lowest BCUT2D eigenvalue weighted by atomic mass is 10.1. The van der Waals surface area contributed by atoms with Gasteiger partial charge in [0.2, 0.25) is 0 Å². The van der Waals surface area contributed by atoms with Crippen LogP contribution in [0.5, 0.6) is 0 Å². The lowest BCUT2D eigenvalue weighted by Gasteiger charge is -2.07. The highest BCUT2D eigenvalue weighted by Gasteiger charge is 2.00. The number of aryl methyl sites for hydroxylation is 1. The number of anilines is 1. The van der Waals surface area contributed by atoms with Gasteiger partial charge in [-0.05, 0) is 12.5 Å². The second-order valence-corrected chi connectivity index (χ2v) is 3.97. The Kier molecular flexibility index (Phi) is 3.37. The molecule has 1 aromatic heterocycles. The highest BCUT2D eigenvalue weighted by Crippen LogP contribution is 2.17. The molecule has 0 aliphatic carbocycles. The SMILES string of the molecule is Cc1cccc(CNc2ncncc2Cl)c1. The first-order chi connectivity index (χ1) is 7.75. The number of hydrogen-bond donors (Lipinski definition) is 1. The Morgan fingerprint density at radius 3 is 3.00 bits per heavy atom. The average molecular weight is 234 g/mol. The Bertz CT molecular complexity index is 485. The Hall–Kier alpha value is -1.61. The fourth-order valence-electron chi connectivity index (χ4n) is 1.45. The van der Waals surface area contributed by atoms with Gasteiger partial charge >= 0.3 is 0 Å². The van der Waals surface area contributed by atoms with Crippen molar-refractivity contribution in [2.45, 2.75) is 13.5 Å². The van der Waals surface area contributed by atoms with Crippen molar-refractivity contribution in [3.8, 4) is 0 Å². The van der Waals surface area contributed by atoms with Gasteiger partial charge in [0.1, 0.15) is 17.2 Å². The number of aromatic nitrogens is 2. The van der Waals surface area contributed by atoms with Crippen molar-refractivity contribution in [1.29, 1.82) is 0 Å². The topological polar surface area (TPSA) is 37.8 Å². The maximum Gasteiger partial charge on any atom is 0.148 e. The summed E-state index contributed by atoms with van der Waals surface area (Å²) in [6.45, 7) is 2.78. The van der Waals surface area contributed by atoms with Crippen LogP contribution >= 0.6 is 11.6 Å². The molecule has 0 unspecified atom stereocenters. The van der Waals surface area contributed by atoms with E-state index >= 15 is 0 Å². The molecule has 0 fully saturated rings. The van der Waals surface area contributed by atoms with Crippen LogP contribution < -0.4 is 5.32 Å². The van der Waals surface area contributed by atoms with Gasteiger partial charge in [-0.2, -0.15) is 0 Å². The zero-order valence-electron chi connectivity index (χ0n) is 8.94. The molecule has 0 amide bonds. The lowest BCUT2D eigenvalue weighted by molar-refractivity contribution is 1.08. The monoisotopic (exact) mass is 233 g/mol. The fourth-order valence-corrected chi connectivity index (χ4v) is 1.62. The molecule has 2 rings (SSSR count). The highest BCUT2D eigenvalue weighted by atomic mass is 35.5. The van der Waals surface area contributed by atoms with Crippen molar-refractivity contribution >= 4 is 17.4 Å². The third-order valence-electron chi connectivity index (χ3n) is 2.21. The molecule has 0 radical (unpaired) electrons. The molecule has 0 aliphatic heterocycles. The Morgan fingerprint density at radius 2 is 2.25 bits per heavy atom. The van der Waals surface area contributed by atoms with Crippen LogP contribution in [0.25, 0.3) is 0 Å². The molecule has 1 aromatic carbocycles. The molecule has 0 saturated carbocycles. The van der Waals surface area contributed by atoms with Gasteiger partial charge in [-0.25, -0.2) is 9.97 Å². The van der Waals surface area contributed by atoms with E-state index in [0.29, 0.717) is 17.4 Å². The van der Waals surface area contributed by atoms with Gasteiger partial charge in [0.25, 0.3) is 0 Å². The summed E-state index contributed by atoms with van der Waals surface area (Å²) in [5.74, 6) is 0.665. The molecule has 0 bridgehead atoms. The quantitative estimate of drug-likeness (QED) is 0.886. The Labute approximate surface area is 99.5 Å².